The molecule has 0 aliphatic carbocycles. The van der Waals surface area contributed by atoms with Crippen LogP contribution in [0.2, 0.25) is 0 Å². The molecule has 0 radical (unpaired) electrons. The Kier molecular flexibility index (Phi) is 2.17. The monoisotopic (exact) mass is 271 g/mol. The Hall–Kier alpha value is -2.11. The maximum atomic E-state index is 12.0. The molecule has 3 atom stereocenters. The van der Waals surface area contributed by atoms with Crippen molar-refractivity contribution in [3.8, 4) is 0 Å². The summed E-state index contributed by atoms with van der Waals surface area (Å²) in [5, 5.41) is 0. The number of furan rings is 1. The largest absolute Gasteiger partial charge is 0.467 e. The molecule has 20 heavy (non-hydrogen) atoms. The van der Waals surface area contributed by atoms with Crippen LogP contribution in [-0.4, -0.2) is 11.6 Å². The summed E-state index contributed by atoms with van der Waals surface area (Å²) in [6.07, 6.45) is 1.59. The van der Waals surface area contributed by atoms with E-state index in [0.29, 0.717) is 5.76 Å². The third kappa shape index (κ3) is 1.26. The number of epoxide rings is 1. The third-order valence-electron chi connectivity index (χ3n) is 4.13. The van der Waals surface area contributed by atoms with E-state index in [0.717, 1.165) is 5.56 Å². The fourth-order valence-electron chi connectivity index (χ4n) is 3.02. The van der Waals surface area contributed by atoms with E-state index >= 15 is 0 Å². The number of carbonyl (C=O) groups excluding carboxylic acids is 1. The zero-order chi connectivity index (χ0) is 13.8. The molecule has 5 heteroatoms. The van der Waals surface area contributed by atoms with Crippen LogP contribution in [0.5, 0.6) is 0 Å². The molecule has 2 aliphatic rings. The Balaban J connectivity index is 1.87. The number of carbonyl (C=O) groups is 1. The van der Waals surface area contributed by atoms with Crippen molar-refractivity contribution in [2.75, 3.05) is 0 Å². The molecular formula is C15H13NO4. The van der Waals surface area contributed by atoms with Crippen molar-refractivity contribution in [2.24, 2.45) is 0 Å². The lowest BCUT2D eigenvalue weighted by atomic mass is 9.80. The molecule has 3 heterocycles. The van der Waals surface area contributed by atoms with E-state index in [-0.39, 0.29) is 6.04 Å². The first-order valence-corrected chi connectivity index (χ1v) is 6.44. The van der Waals surface area contributed by atoms with E-state index in [4.69, 9.17) is 14.0 Å². The predicted octanol–water partition coefficient (Wildman–Crippen LogP) is 2.07. The van der Waals surface area contributed by atoms with Crippen molar-refractivity contribution in [1.82, 2.24) is 5.48 Å². The second-order valence-corrected chi connectivity index (χ2v) is 5.19. The predicted molar refractivity (Wildman–Crippen MR) is 68.3 cm³/mol. The van der Waals surface area contributed by atoms with Crippen LogP contribution in [0.15, 0.2) is 53.1 Å². The summed E-state index contributed by atoms with van der Waals surface area (Å²) in [5.74, 6) is 0.259. The minimum Gasteiger partial charge on any atom is -0.467 e. The molecule has 102 valence electrons. The van der Waals surface area contributed by atoms with E-state index < -0.39 is 17.2 Å². The highest BCUT2D eigenvalue weighted by molar-refractivity contribution is 5.86. The number of benzene rings is 1. The van der Waals surface area contributed by atoms with Gasteiger partial charge in [0.15, 0.2) is 5.60 Å². The van der Waals surface area contributed by atoms with Gasteiger partial charge in [-0.15, -0.1) is 5.48 Å². The van der Waals surface area contributed by atoms with Crippen LogP contribution in [-0.2, 0) is 20.0 Å². The SMILES string of the molecule is C[C@]12O[C@@]1(c1ccccc1)[C@H](c1ccco1)NOC2=O. The van der Waals surface area contributed by atoms with Gasteiger partial charge in [0, 0.05) is 0 Å². The Morgan fingerprint density at radius 2 is 1.95 bits per heavy atom. The van der Waals surface area contributed by atoms with E-state index in [1.54, 1.807) is 19.3 Å². The zero-order valence-corrected chi connectivity index (χ0v) is 10.8. The number of hydrogen-bond donors (Lipinski definition) is 1. The Morgan fingerprint density at radius 3 is 2.65 bits per heavy atom. The highest BCUT2D eigenvalue weighted by atomic mass is 16.7. The number of ether oxygens (including phenoxy) is 1. The Labute approximate surface area is 115 Å². The van der Waals surface area contributed by atoms with Crippen LogP contribution >= 0.6 is 0 Å². The number of fused-ring (bicyclic) bond motifs is 1. The number of hydroxylamine groups is 1. The van der Waals surface area contributed by atoms with Crippen molar-refractivity contribution in [2.45, 2.75) is 24.2 Å². The first-order chi connectivity index (χ1) is 9.68. The molecule has 0 saturated carbocycles. The second kappa shape index (κ2) is 3.71. The smallest absolute Gasteiger partial charge is 0.360 e. The average molecular weight is 271 g/mol. The minimum atomic E-state index is -0.989. The summed E-state index contributed by atoms with van der Waals surface area (Å²) >= 11 is 0. The van der Waals surface area contributed by atoms with Crippen LogP contribution in [0.3, 0.4) is 0 Å². The van der Waals surface area contributed by atoms with Gasteiger partial charge in [-0.1, -0.05) is 30.3 Å². The molecule has 1 N–H and O–H groups in total. The van der Waals surface area contributed by atoms with Gasteiger partial charge in [-0.25, -0.2) is 4.79 Å². The van der Waals surface area contributed by atoms with Crippen LogP contribution < -0.4 is 5.48 Å². The Bertz CT molecular complexity index is 654. The molecule has 0 unspecified atom stereocenters. The molecule has 2 aromatic rings. The molecule has 2 aliphatic heterocycles. The third-order valence-corrected chi connectivity index (χ3v) is 4.13. The maximum Gasteiger partial charge on any atom is 0.360 e. The number of hydrogen-bond acceptors (Lipinski definition) is 5. The molecule has 2 fully saturated rings. The molecule has 0 amide bonds. The van der Waals surface area contributed by atoms with Crippen LogP contribution in [0, 0.1) is 0 Å². The maximum absolute atomic E-state index is 12.0. The quantitative estimate of drug-likeness (QED) is 0.847. The van der Waals surface area contributed by atoms with Gasteiger partial charge in [0.1, 0.15) is 11.8 Å². The lowest BCUT2D eigenvalue weighted by molar-refractivity contribution is -0.163. The summed E-state index contributed by atoms with van der Waals surface area (Å²) in [5.41, 5.74) is 1.90. The van der Waals surface area contributed by atoms with E-state index in [9.17, 15) is 4.79 Å². The van der Waals surface area contributed by atoms with Crippen molar-refractivity contribution in [3.63, 3.8) is 0 Å². The van der Waals surface area contributed by atoms with Gasteiger partial charge in [0.25, 0.3) is 0 Å². The minimum absolute atomic E-state index is 0.373. The fourth-order valence-corrected chi connectivity index (χ4v) is 3.02. The molecular weight excluding hydrogens is 258 g/mol. The van der Waals surface area contributed by atoms with Gasteiger partial charge in [0.05, 0.1) is 6.26 Å². The van der Waals surface area contributed by atoms with Crippen molar-refractivity contribution in [3.05, 3.63) is 60.1 Å². The topological polar surface area (TPSA) is 64.0 Å². The van der Waals surface area contributed by atoms with Crippen LogP contribution in [0.25, 0.3) is 0 Å². The summed E-state index contributed by atoms with van der Waals surface area (Å²) < 4.78 is 11.4. The molecule has 0 spiro atoms. The summed E-state index contributed by atoms with van der Waals surface area (Å²) in [4.78, 5) is 17.1. The van der Waals surface area contributed by atoms with Gasteiger partial charge in [0.2, 0.25) is 5.60 Å². The molecule has 4 rings (SSSR count). The molecule has 5 nitrogen and oxygen atoms in total. The van der Waals surface area contributed by atoms with E-state index in [2.05, 4.69) is 5.48 Å². The first-order valence-electron chi connectivity index (χ1n) is 6.44. The summed E-state index contributed by atoms with van der Waals surface area (Å²) in [6, 6.07) is 12.9. The molecule has 1 aromatic carbocycles. The van der Waals surface area contributed by atoms with Gasteiger partial charge in [-0.2, -0.15) is 0 Å². The second-order valence-electron chi connectivity index (χ2n) is 5.19. The summed E-state index contributed by atoms with van der Waals surface area (Å²) in [7, 11) is 0. The van der Waals surface area contributed by atoms with Crippen molar-refractivity contribution < 1.29 is 18.8 Å². The van der Waals surface area contributed by atoms with Gasteiger partial charge < -0.3 is 14.0 Å². The lowest BCUT2D eigenvalue weighted by Gasteiger charge is -2.29. The van der Waals surface area contributed by atoms with Gasteiger partial charge in [-0.05, 0) is 24.6 Å². The van der Waals surface area contributed by atoms with Gasteiger partial charge in [-0.3, -0.25) is 0 Å². The molecule has 2 saturated heterocycles. The normalized spacial score (nSPS) is 35.2. The first kappa shape index (κ1) is 11.7. The standard InChI is InChI=1S/C15H13NO4/c1-14-13(17)19-16-12(11-8-5-9-18-11)15(14,20-14)10-6-3-2-4-7-10/h2-9,12,16H,1H3/t12-,14+,15-/m0/s1. The van der Waals surface area contributed by atoms with Crippen LogP contribution in [0.1, 0.15) is 24.3 Å². The Morgan fingerprint density at radius 1 is 1.15 bits per heavy atom. The summed E-state index contributed by atoms with van der Waals surface area (Å²) in [6.45, 7) is 1.75. The number of nitrogens with one attached hydrogen (secondary N) is 1. The molecule has 1 aromatic heterocycles. The van der Waals surface area contributed by atoms with Gasteiger partial charge >= 0.3 is 5.97 Å². The molecule has 0 bridgehead atoms. The van der Waals surface area contributed by atoms with Crippen LogP contribution in [0.4, 0.5) is 0 Å². The zero-order valence-electron chi connectivity index (χ0n) is 10.8. The lowest BCUT2D eigenvalue weighted by Crippen LogP contribution is -2.48. The van der Waals surface area contributed by atoms with E-state index in [1.807, 2.05) is 36.4 Å². The number of rotatable bonds is 2. The van der Waals surface area contributed by atoms with Crippen molar-refractivity contribution in [1.29, 1.82) is 0 Å². The van der Waals surface area contributed by atoms with Crippen molar-refractivity contribution >= 4 is 5.97 Å². The van der Waals surface area contributed by atoms with E-state index in [1.165, 1.54) is 0 Å². The fraction of sp³-hybridized carbons (Fsp3) is 0.267. The highest BCUT2D eigenvalue weighted by Crippen LogP contribution is 2.64. The highest BCUT2D eigenvalue weighted by Gasteiger charge is 2.80. The average Bonchev–Trinajstić information content (AvgIpc) is 2.86.